The van der Waals surface area contributed by atoms with Gasteiger partial charge in [-0.2, -0.15) is 0 Å². The second kappa shape index (κ2) is 6.48. The van der Waals surface area contributed by atoms with Crippen molar-refractivity contribution < 1.29 is 19.0 Å². The summed E-state index contributed by atoms with van der Waals surface area (Å²) < 4.78 is 16.8. The molecular formula is C17H24O4. The smallest absolute Gasteiger partial charge is 0.188 e. The summed E-state index contributed by atoms with van der Waals surface area (Å²) in [5, 5.41) is 0. The van der Waals surface area contributed by atoms with Gasteiger partial charge in [-0.05, 0) is 62.8 Å². The van der Waals surface area contributed by atoms with Crippen LogP contribution in [0.25, 0.3) is 0 Å². The largest absolute Gasteiger partial charge is 0.487 e. The molecule has 1 aliphatic rings. The van der Waals surface area contributed by atoms with Gasteiger partial charge in [-0.15, -0.1) is 0 Å². The first kappa shape index (κ1) is 15.8. The number of methoxy groups -OCH3 is 1. The lowest BCUT2D eigenvalue weighted by atomic mass is 9.87. The van der Waals surface area contributed by atoms with Crippen LogP contribution in [0.4, 0.5) is 0 Å². The third kappa shape index (κ3) is 3.38. The second-order valence-corrected chi connectivity index (χ2v) is 5.92. The van der Waals surface area contributed by atoms with Crippen molar-refractivity contribution in [3.05, 3.63) is 22.8 Å². The molecule has 0 spiro atoms. The molecule has 21 heavy (non-hydrogen) atoms. The van der Waals surface area contributed by atoms with Gasteiger partial charge in [0.25, 0.3) is 0 Å². The van der Waals surface area contributed by atoms with Gasteiger partial charge in [0.05, 0.1) is 0 Å². The number of fused-ring (bicyclic) bond motifs is 1. The lowest BCUT2D eigenvalue weighted by Crippen LogP contribution is -2.36. The number of hydrogen-bond acceptors (Lipinski definition) is 4. The molecule has 0 saturated carbocycles. The van der Waals surface area contributed by atoms with Crippen LogP contribution in [0.3, 0.4) is 0 Å². The van der Waals surface area contributed by atoms with E-state index in [0.717, 1.165) is 48.2 Å². The Bertz CT molecular complexity index is 524. The highest BCUT2D eigenvalue weighted by Crippen LogP contribution is 2.41. The molecule has 116 valence electrons. The van der Waals surface area contributed by atoms with Crippen LogP contribution in [0, 0.1) is 13.8 Å². The van der Waals surface area contributed by atoms with Gasteiger partial charge in [0.15, 0.2) is 6.79 Å². The molecule has 0 aliphatic carbocycles. The zero-order chi connectivity index (χ0) is 15.5. The first-order valence-electron chi connectivity index (χ1n) is 7.38. The Morgan fingerprint density at radius 2 is 2.14 bits per heavy atom. The van der Waals surface area contributed by atoms with Crippen LogP contribution in [0.15, 0.2) is 6.07 Å². The Labute approximate surface area is 126 Å². The molecule has 1 aliphatic heterocycles. The molecule has 1 aromatic rings. The third-order valence-corrected chi connectivity index (χ3v) is 4.26. The standard InChI is InChI=1S/C17H24O4/c1-12-13(2)16-14(10-15(12)20-11-19-4)6-8-17(3,21-16)7-5-9-18/h9-10H,5-8,11H2,1-4H3. The number of benzene rings is 1. The van der Waals surface area contributed by atoms with Crippen LogP contribution in [0.5, 0.6) is 11.5 Å². The average molecular weight is 292 g/mol. The quantitative estimate of drug-likeness (QED) is 0.596. The van der Waals surface area contributed by atoms with Crippen molar-refractivity contribution >= 4 is 6.29 Å². The molecule has 0 saturated heterocycles. The molecule has 0 fully saturated rings. The Morgan fingerprint density at radius 3 is 2.81 bits per heavy atom. The number of hydrogen-bond donors (Lipinski definition) is 0. The lowest BCUT2D eigenvalue weighted by molar-refractivity contribution is -0.108. The van der Waals surface area contributed by atoms with Gasteiger partial charge in [0.1, 0.15) is 23.4 Å². The van der Waals surface area contributed by atoms with Crippen LogP contribution in [0.1, 0.15) is 42.9 Å². The van der Waals surface area contributed by atoms with Gasteiger partial charge in [-0.25, -0.2) is 0 Å². The fraction of sp³-hybridized carbons (Fsp3) is 0.588. The van der Waals surface area contributed by atoms with E-state index in [-0.39, 0.29) is 12.4 Å². The van der Waals surface area contributed by atoms with Gasteiger partial charge in [0, 0.05) is 13.5 Å². The maximum absolute atomic E-state index is 10.6. The molecule has 1 heterocycles. The van der Waals surface area contributed by atoms with Crippen LogP contribution in [-0.2, 0) is 16.0 Å². The fourth-order valence-electron chi connectivity index (χ4n) is 2.76. The molecule has 4 heteroatoms. The average Bonchev–Trinajstić information content (AvgIpc) is 2.48. The van der Waals surface area contributed by atoms with E-state index in [1.165, 1.54) is 5.56 Å². The van der Waals surface area contributed by atoms with Crippen molar-refractivity contribution in [1.82, 2.24) is 0 Å². The highest BCUT2D eigenvalue weighted by Gasteiger charge is 2.32. The van der Waals surface area contributed by atoms with Gasteiger partial charge in [-0.1, -0.05) is 0 Å². The molecule has 0 aromatic heterocycles. The van der Waals surface area contributed by atoms with Gasteiger partial charge < -0.3 is 19.0 Å². The van der Waals surface area contributed by atoms with E-state index < -0.39 is 0 Å². The lowest BCUT2D eigenvalue weighted by Gasteiger charge is -2.37. The number of ether oxygens (including phenoxy) is 3. The summed E-state index contributed by atoms with van der Waals surface area (Å²) >= 11 is 0. The summed E-state index contributed by atoms with van der Waals surface area (Å²) in [5.74, 6) is 1.81. The Morgan fingerprint density at radius 1 is 1.38 bits per heavy atom. The maximum Gasteiger partial charge on any atom is 0.188 e. The van der Waals surface area contributed by atoms with E-state index in [0.29, 0.717) is 6.42 Å². The Hall–Kier alpha value is -1.55. The summed E-state index contributed by atoms with van der Waals surface area (Å²) in [4.78, 5) is 10.6. The summed E-state index contributed by atoms with van der Waals surface area (Å²) in [6, 6.07) is 2.05. The molecular weight excluding hydrogens is 268 g/mol. The van der Waals surface area contributed by atoms with E-state index in [1.54, 1.807) is 7.11 Å². The molecule has 0 bridgehead atoms. The van der Waals surface area contributed by atoms with Crippen molar-refractivity contribution in [2.75, 3.05) is 13.9 Å². The maximum atomic E-state index is 10.6. The Kier molecular flexibility index (Phi) is 4.88. The minimum absolute atomic E-state index is 0.247. The highest BCUT2D eigenvalue weighted by atomic mass is 16.7. The van der Waals surface area contributed by atoms with E-state index in [4.69, 9.17) is 14.2 Å². The van der Waals surface area contributed by atoms with E-state index >= 15 is 0 Å². The Balaban J connectivity index is 2.28. The summed E-state index contributed by atoms with van der Waals surface area (Å²) in [6.45, 7) is 6.42. The molecule has 1 atom stereocenters. The van der Waals surface area contributed by atoms with Gasteiger partial charge >= 0.3 is 0 Å². The van der Waals surface area contributed by atoms with Crippen LogP contribution in [0.2, 0.25) is 0 Å². The molecule has 2 rings (SSSR count). The van der Waals surface area contributed by atoms with Crippen molar-refractivity contribution in [2.24, 2.45) is 0 Å². The number of aldehydes is 1. The molecule has 0 radical (unpaired) electrons. The SMILES string of the molecule is COCOc1cc2c(c(C)c1C)OC(C)(CCC=O)CC2. The van der Waals surface area contributed by atoms with Crippen molar-refractivity contribution in [1.29, 1.82) is 0 Å². The van der Waals surface area contributed by atoms with Gasteiger partial charge in [-0.3, -0.25) is 0 Å². The van der Waals surface area contributed by atoms with Crippen molar-refractivity contribution in [3.8, 4) is 11.5 Å². The summed E-state index contributed by atoms with van der Waals surface area (Å²) in [7, 11) is 1.61. The van der Waals surface area contributed by atoms with Crippen molar-refractivity contribution in [2.45, 2.75) is 52.1 Å². The monoisotopic (exact) mass is 292 g/mol. The normalized spacial score (nSPS) is 20.6. The number of rotatable bonds is 6. The van der Waals surface area contributed by atoms with Gasteiger partial charge in [0.2, 0.25) is 0 Å². The van der Waals surface area contributed by atoms with E-state index in [9.17, 15) is 4.79 Å². The van der Waals surface area contributed by atoms with E-state index in [1.807, 2.05) is 6.92 Å². The first-order chi connectivity index (χ1) is 10.0. The summed E-state index contributed by atoms with van der Waals surface area (Å²) in [5.41, 5.74) is 3.11. The van der Waals surface area contributed by atoms with E-state index in [2.05, 4.69) is 19.9 Å². The molecule has 1 aromatic carbocycles. The molecule has 1 unspecified atom stereocenters. The molecule has 0 amide bonds. The topological polar surface area (TPSA) is 44.8 Å². The molecule has 0 N–H and O–H groups in total. The van der Waals surface area contributed by atoms with Crippen LogP contribution >= 0.6 is 0 Å². The number of carbonyl (C=O) groups excluding carboxylic acids is 1. The number of aryl methyl sites for hydroxylation is 1. The minimum atomic E-state index is -0.250. The highest BCUT2D eigenvalue weighted by molar-refractivity contribution is 5.54. The number of carbonyl (C=O) groups is 1. The second-order valence-electron chi connectivity index (χ2n) is 5.92. The van der Waals surface area contributed by atoms with Crippen molar-refractivity contribution in [3.63, 3.8) is 0 Å². The zero-order valence-corrected chi connectivity index (χ0v) is 13.3. The predicted octanol–water partition coefficient (Wildman–Crippen LogP) is 3.35. The molecule has 4 nitrogen and oxygen atoms in total. The minimum Gasteiger partial charge on any atom is -0.487 e. The fourth-order valence-corrected chi connectivity index (χ4v) is 2.76. The summed E-state index contributed by atoms with van der Waals surface area (Å²) in [6.07, 6.45) is 4.12. The first-order valence-corrected chi connectivity index (χ1v) is 7.38. The third-order valence-electron chi connectivity index (χ3n) is 4.26. The van der Waals surface area contributed by atoms with Crippen LogP contribution in [-0.4, -0.2) is 25.8 Å². The zero-order valence-electron chi connectivity index (χ0n) is 13.3. The predicted molar refractivity (Wildman–Crippen MR) is 81.1 cm³/mol. The van der Waals surface area contributed by atoms with Crippen LogP contribution < -0.4 is 9.47 Å².